The third-order valence-electron chi connectivity index (χ3n) is 5.38. The van der Waals surface area contributed by atoms with Crippen LogP contribution in [-0.2, 0) is 13.8 Å². The number of hydrogen-bond acceptors (Lipinski definition) is 11. The molecule has 1 aliphatic rings. The number of phosphoric acid groups is 1. The molecule has 5 rings (SSSR count). The van der Waals surface area contributed by atoms with Crippen molar-refractivity contribution >= 4 is 24.9 Å². The van der Waals surface area contributed by atoms with Crippen LogP contribution in [0.5, 0.6) is 11.5 Å². The van der Waals surface area contributed by atoms with E-state index in [1.54, 1.807) is 60.7 Å². The summed E-state index contributed by atoms with van der Waals surface area (Å²) in [6.07, 6.45) is -4.00. The summed E-state index contributed by atoms with van der Waals surface area (Å²) in [7, 11) is -4.26. The SMILES string of the molecule is Nc1nc2c(ncn2[C@@H]2O[C@H](COP(=O)(Oc3ccccc3)Oc3ccccc3)[C@@H](O)[C@H]2O)c(=O)[nH]1. The van der Waals surface area contributed by atoms with Gasteiger partial charge in [-0.2, -0.15) is 4.98 Å². The molecule has 1 saturated heterocycles. The highest BCUT2D eigenvalue weighted by atomic mass is 31.2. The van der Waals surface area contributed by atoms with Gasteiger partial charge in [-0.05, 0) is 24.3 Å². The van der Waals surface area contributed by atoms with Crippen molar-refractivity contribution in [3.63, 3.8) is 0 Å². The van der Waals surface area contributed by atoms with Gasteiger partial charge in [-0.25, -0.2) is 9.55 Å². The van der Waals surface area contributed by atoms with Crippen LogP contribution in [0.25, 0.3) is 11.2 Å². The van der Waals surface area contributed by atoms with Gasteiger partial charge in [0.15, 0.2) is 17.4 Å². The molecule has 13 nitrogen and oxygen atoms in total. The third kappa shape index (κ3) is 4.83. The van der Waals surface area contributed by atoms with Crippen LogP contribution in [0.4, 0.5) is 5.95 Å². The van der Waals surface area contributed by atoms with Crippen LogP contribution < -0.4 is 20.3 Å². The Balaban J connectivity index is 1.36. The second-order valence-electron chi connectivity index (χ2n) is 7.87. The fourth-order valence-electron chi connectivity index (χ4n) is 3.68. The number of aliphatic hydroxyl groups is 2. The number of ether oxygens (including phenoxy) is 1. The van der Waals surface area contributed by atoms with Crippen LogP contribution in [0.15, 0.2) is 71.8 Å². The zero-order valence-electron chi connectivity index (χ0n) is 18.6. The zero-order valence-corrected chi connectivity index (χ0v) is 19.5. The molecule has 0 spiro atoms. The van der Waals surface area contributed by atoms with Crippen molar-refractivity contribution in [2.24, 2.45) is 0 Å². The van der Waals surface area contributed by atoms with Crippen LogP contribution >= 0.6 is 7.82 Å². The average molecular weight is 515 g/mol. The highest BCUT2D eigenvalue weighted by molar-refractivity contribution is 7.49. The summed E-state index contributed by atoms with van der Waals surface area (Å²) in [4.78, 5) is 22.4. The number of anilines is 1. The number of nitrogen functional groups attached to an aromatic ring is 1. The molecule has 4 aromatic rings. The quantitative estimate of drug-likeness (QED) is 0.250. The van der Waals surface area contributed by atoms with Gasteiger partial charge in [0.05, 0.1) is 12.9 Å². The summed E-state index contributed by atoms with van der Waals surface area (Å²) in [6, 6.07) is 16.6. The summed E-state index contributed by atoms with van der Waals surface area (Å²) in [5, 5.41) is 21.3. The average Bonchev–Trinajstić information content (AvgIpc) is 3.40. The fraction of sp³-hybridized carbons (Fsp3) is 0.227. The summed E-state index contributed by atoms with van der Waals surface area (Å²) in [5.41, 5.74) is 5.09. The summed E-state index contributed by atoms with van der Waals surface area (Å²) >= 11 is 0. The molecule has 5 N–H and O–H groups in total. The maximum atomic E-state index is 13.5. The molecule has 14 heteroatoms. The summed E-state index contributed by atoms with van der Waals surface area (Å²) in [6.45, 7) is -0.464. The predicted octanol–water partition coefficient (Wildman–Crippen LogP) is 1.60. The molecule has 2 aromatic carbocycles. The van der Waals surface area contributed by atoms with E-state index in [9.17, 15) is 19.6 Å². The Morgan fingerprint density at radius 2 is 1.64 bits per heavy atom. The number of phosphoric ester groups is 1. The molecule has 1 aliphatic heterocycles. The normalized spacial score (nSPS) is 22.1. The number of aromatic nitrogens is 4. The molecule has 2 aromatic heterocycles. The highest BCUT2D eigenvalue weighted by Crippen LogP contribution is 2.50. The van der Waals surface area contributed by atoms with Crippen LogP contribution in [0.2, 0.25) is 0 Å². The largest absolute Gasteiger partial charge is 0.587 e. The Hall–Kier alpha value is -3.74. The molecule has 0 radical (unpaired) electrons. The number of imidazole rings is 1. The van der Waals surface area contributed by atoms with E-state index in [1.165, 1.54) is 10.9 Å². The van der Waals surface area contributed by atoms with Gasteiger partial charge >= 0.3 is 7.82 Å². The lowest BCUT2D eigenvalue weighted by molar-refractivity contribution is -0.0498. The molecule has 0 unspecified atom stereocenters. The Kier molecular flexibility index (Phi) is 6.48. The molecule has 36 heavy (non-hydrogen) atoms. The van der Waals surface area contributed by atoms with Gasteiger partial charge in [-0.1, -0.05) is 36.4 Å². The van der Waals surface area contributed by atoms with E-state index in [4.69, 9.17) is 24.0 Å². The Bertz CT molecular complexity index is 1400. The number of hydrogen-bond donors (Lipinski definition) is 4. The fourth-order valence-corrected chi connectivity index (χ4v) is 4.91. The minimum atomic E-state index is -4.26. The lowest BCUT2D eigenvalue weighted by atomic mass is 10.1. The first kappa shape index (κ1) is 24.0. The molecule has 188 valence electrons. The number of rotatable bonds is 8. The van der Waals surface area contributed by atoms with Crippen molar-refractivity contribution < 1.29 is 33.1 Å². The highest BCUT2D eigenvalue weighted by Gasteiger charge is 2.46. The van der Waals surface area contributed by atoms with E-state index in [0.717, 1.165) is 0 Å². The molecule has 0 bridgehead atoms. The molecular weight excluding hydrogens is 493 g/mol. The second kappa shape index (κ2) is 9.72. The molecular formula is C22H22N5O8P. The number of fused-ring (bicyclic) bond motifs is 1. The van der Waals surface area contributed by atoms with Gasteiger partial charge < -0.3 is 29.7 Å². The van der Waals surface area contributed by atoms with Crippen molar-refractivity contribution in [1.82, 2.24) is 19.5 Å². The summed E-state index contributed by atoms with van der Waals surface area (Å²) < 4.78 is 37.2. The second-order valence-corrected chi connectivity index (χ2v) is 9.39. The van der Waals surface area contributed by atoms with Crippen molar-refractivity contribution in [1.29, 1.82) is 0 Å². The number of aliphatic hydroxyl groups excluding tert-OH is 2. The molecule has 4 atom stereocenters. The van der Waals surface area contributed by atoms with E-state index < -0.39 is 44.5 Å². The predicted molar refractivity (Wildman–Crippen MR) is 126 cm³/mol. The molecule has 0 saturated carbocycles. The van der Waals surface area contributed by atoms with Gasteiger partial charge in [-0.3, -0.25) is 18.9 Å². The van der Waals surface area contributed by atoms with Crippen molar-refractivity contribution in [3.05, 3.63) is 77.3 Å². The van der Waals surface area contributed by atoms with E-state index in [1.807, 2.05) is 0 Å². The number of nitrogens with zero attached hydrogens (tertiary/aromatic N) is 3. The standard InChI is InChI=1S/C22H22N5O8P/c23-22-25-19-16(20(30)26-22)24-12-27(19)21-18(29)17(28)15(33-21)11-32-36(31,34-13-7-3-1-4-8-13)35-14-9-5-2-6-10-14/h1-10,12,15,17-18,21,28-29H,11H2,(H3,23,25,26,30)/t15-,17-,18-,21-/m1/s1. The monoisotopic (exact) mass is 515 g/mol. The van der Waals surface area contributed by atoms with Crippen LogP contribution in [-0.4, -0.2) is 54.7 Å². The Morgan fingerprint density at radius 1 is 1.03 bits per heavy atom. The number of aromatic amines is 1. The Morgan fingerprint density at radius 3 is 2.25 bits per heavy atom. The molecule has 3 heterocycles. The lowest BCUT2D eigenvalue weighted by Gasteiger charge is -2.21. The van der Waals surface area contributed by atoms with Gasteiger partial charge in [0, 0.05) is 0 Å². The number of para-hydroxylation sites is 2. The first-order valence-electron chi connectivity index (χ1n) is 10.8. The molecule has 1 fully saturated rings. The van der Waals surface area contributed by atoms with Gasteiger partial charge in [0.25, 0.3) is 5.56 Å². The Labute approximate surface area is 203 Å². The maximum absolute atomic E-state index is 13.5. The first-order valence-corrected chi connectivity index (χ1v) is 12.3. The van der Waals surface area contributed by atoms with Crippen molar-refractivity contribution in [3.8, 4) is 11.5 Å². The number of H-pyrrole nitrogens is 1. The zero-order chi connectivity index (χ0) is 25.3. The molecule has 0 aliphatic carbocycles. The minimum absolute atomic E-state index is 0.0220. The van der Waals surface area contributed by atoms with Crippen molar-refractivity contribution in [2.45, 2.75) is 24.5 Å². The number of nitrogens with one attached hydrogen (secondary N) is 1. The van der Waals surface area contributed by atoms with E-state index in [-0.39, 0.29) is 28.6 Å². The van der Waals surface area contributed by atoms with E-state index in [0.29, 0.717) is 0 Å². The van der Waals surface area contributed by atoms with Crippen LogP contribution in [0.3, 0.4) is 0 Å². The smallest absolute Gasteiger partial charge is 0.395 e. The third-order valence-corrected chi connectivity index (χ3v) is 6.71. The van der Waals surface area contributed by atoms with Gasteiger partial charge in [0.2, 0.25) is 5.95 Å². The van der Waals surface area contributed by atoms with E-state index in [2.05, 4.69) is 15.0 Å². The first-order chi connectivity index (χ1) is 17.3. The number of benzene rings is 2. The van der Waals surface area contributed by atoms with Crippen molar-refractivity contribution in [2.75, 3.05) is 12.3 Å². The van der Waals surface area contributed by atoms with Gasteiger partial charge in [0.1, 0.15) is 29.8 Å². The van der Waals surface area contributed by atoms with Crippen LogP contribution in [0, 0.1) is 0 Å². The number of nitrogens with two attached hydrogens (primary N) is 1. The summed E-state index contributed by atoms with van der Waals surface area (Å²) in [5.74, 6) is 0.321. The minimum Gasteiger partial charge on any atom is -0.395 e. The topological polar surface area (TPSA) is 184 Å². The van der Waals surface area contributed by atoms with Crippen LogP contribution in [0.1, 0.15) is 6.23 Å². The molecule has 0 amide bonds. The lowest BCUT2D eigenvalue weighted by Crippen LogP contribution is -2.34. The van der Waals surface area contributed by atoms with E-state index >= 15 is 0 Å². The maximum Gasteiger partial charge on any atom is 0.587 e. The van der Waals surface area contributed by atoms with Gasteiger partial charge in [-0.15, -0.1) is 0 Å².